The van der Waals surface area contributed by atoms with Gasteiger partial charge in [0.15, 0.2) is 0 Å². The van der Waals surface area contributed by atoms with E-state index in [-0.39, 0.29) is 16.4 Å². The second-order valence-electron chi connectivity index (χ2n) is 3.92. The number of hydrogen-bond donors (Lipinski definition) is 0. The molecular weight excluding hydrogens is 335 g/mol. The maximum Gasteiger partial charge on any atom is 0.293 e. The van der Waals surface area contributed by atoms with Crippen LogP contribution in [0.4, 0.5) is 11.4 Å². The van der Waals surface area contributed by atoms with E-state index in [4.69, 9.17) is 0 Å². The Labute approximate surface area is 112 Å². The number of nitro groups is 1. The van der Waals surface area contributed by atoms with E-state index in [2.05, 4.69) is 22.6 Å². The standard InChI is InChI=1S/C11H11IN2O3/c12-8-1-2-10(11(7-8)14(16)17)13-5-3-9(15)4-6-13/h1-2,7H,3-6H2. The lowest BCUT2D eigenvalue weighted by Crippen LogP contribution is -2.34. The lowest BCUT2D eigenvalue weighted by atomic mass is 10.1. The summed E-state index contributed by atoms with van der Waals surface area (Å²) >= 11 is 2.05. The number of carbonyl (C=O) groups is 1. The molecule has 0 unspecified atom stereocenters. The Hall–Kier alpha value is -1.18. The van der Waals surface area contributed by atoms with Crippen molar-refractivity contribution in [1.29, 1.82) is 0 Å². The smallest absolute Gasteiger partial charge is 0.293 e. The Balaban J connectivity index is 2.31. The monoisotopic (exact) mass is 346 g/mol. The number of Topliss-reactive ketones (excluding diaryl/α,β-unsaturated/α-hetero) is 1. The van der Waals surface area contributed by atoms with Gasteiger partial charge in [0, 0.05) is 35.6 Å². The van der Waals surface area contributed by atoms with Crippen molar-refractivity contribution in [3.63, 3.8) is 0 Å². The van der Waals surface area contributed by atoms with Crippen molar-refractivity contribution in [1.82, 2.24) is 0 Å². The summed E-state index contributed by atoms with van der Waals surface area (Å²) < 4.78 is 0.839. The quantitative estimate of drug-likeness (QED) is 0.469. The predicted octanol–water partition coefficient (Wildman–Crippen LogP) is 2.37. The Bertz CT molecular complexity index is 466. The predicted molar refractivity (Wildman–Crippen MR) is 72.3 cm³/mol. The van der Waals surface area contributed by atoms with E-state index in [0.29, 0.717) is 31.6 Å². The molecule has 2 rings (SSSR count). The third-order valence-corrected chi connectivity index (χ3v) is 3.47. The van der Waals surface area contributed by atoms with E-state index in [1.165, 1.54) is 0 Å². The van der Waals surface area contributed by atoms with Crippen molar-refractivity contribution in [2.24, 2.45) is 0 Å². The molecule has 0 saturated carbocycles. The average Bonchev–Trinajstić information content (AvgIpc) is 2.30. The van der Waals surface area contributed by atoms with Crippen LogP contribution in [-0.4, -0.2) is 23.8 Å². The first-order valence-corrected chi connectivity index (χ1v) is 6.36. The number of anilines is 1. The van der Waals surface area contributed by atoms with Gasteiger partial charge in [-0.05, 0) is 34.7 Å². The van der Waals surface area contributed by atoms with Gasteiger partial charge in [-0.15, -0.1) is 0 Å². The zero-order valence-electron chi connectivity index (χ0n) is 9.06. The van der Waals surface area contributed by atoms with Gasteiger partial charge in [0.1, 0.15) is 11.5 Å². The van der Waals surface area contributed by atoms with Crippen molar-refractivity contribution < 1.29 is 9.72 Å². The van der Waals surface area contributed by atoms with Gasteiger partial charge in [-0.3, -0.25) is 14.9 Å². The fraction of sp³-hybridized carbons (Fsp3) is 0.364. The van der Waals surface area contributed by atoms with E-state index in [0.717, 1.165) is 3.57 Å². The van der Waals surface area contributed by atoms with Gasteiger partial charge in [-0.2, -0.15) is 0 Å². The second kappa shape index (κ2) is 4.99. The van der Waals surface area contributed by atoms with E-state index >= 15 is 0 Å². The SMILES string of the molecule is O=C1CCN(c2ccc(I)cc2[N+](=O)[O-])CC1. The molecule has 0 bridgehead atoms. The minimum Gasteiger partial charge on any atom is -0.365 e. The van der Waals surface area contributed by atoms with Gasteiger partial charge < -0.3 is 4.90 Å². The number of nitrogens with zero attached hydrogens (tertiary/aromatic N) is 2. The molecule has 1 aromatic carbocycles. The number of halogens is 1. The van der Waals surface area contributed by atoms with Crippen LogP contribution in [0.15, 0.2) is 18.2 Å². The largest absolute Gasteiger partial charge is 0.365 e. The molecule has 0 radical (unpaired) electrons. The van der Waals surface area contributed by atoms with Crippen LogP contribution in [0.2, 0.25) is 0 Å². The van der Waals surface area contributed by atoms with Gasteiger partial charge in [-0.1, -0.05) is 0 Å². The summed E-state index contributed by atoms with van der Waals surface area (Å²) in [6.45, 7) is 1.14. The average molecular weight is 346 g/mol. The topological polar surface area (TPSA) is 63.5 Å². The summed E-state index contributed by atoms with van der Waals surface area (Å²) in [5.41, 5.74) is 0.731. The Morgan fingerprint density at radius 1 is 1.29 bits per heavy atom. The highest BCUT2D eigenvalue weighted by molar-refractivity contribution is 14.1. The minimum atomic E-state index is -0.367. The fourth-order valence-corrected chi connectivity index (χ4v) is 2.38. The summed E-state index contributed by atoms with van der Waals surface area (Å²) in [5, 5.41) is 11.0. The Morgan fingerprint density at radius 2 is 1.94 bits per heavy atom. The summed E-state index contributed by atoms with van der Waals surface area (Å²) in [4.78, 5) is 23.7. The molecule has 1 saturated heterocycles. The molecule has 1 heterocycles. The zero-order chi connectivity index (χ0) is 12.4. The molecule has 1 aliphatic rings. The number of nitro benzene ring substituents is 1. The molecule has 1 aliphatic heterocycles. The highest BCUT2D eigenvalue weighted by atomic mass is 127. The van der Waals surface area contributed by atoms with Crippen molar-refractivity contribution in [2.45, 2.75) is 12.8 Å². The van der Waals surface area contributed by atoms with Gasteiger partial charge in [-0.25, -0.2) is 0 Å². The highest BCUT2D eigenvalue weighted by Gasteiger charge is 2.23. The molecule has 90 valence electrons. The first kappa shape index (κ1) is 12.3. The van der Waals surface area contributed by atoms with Crippen molar-refractivity contribution in [2.75, 3.05) is 18.0 Å². The van der Waals surface area contributed by atoms with Crippen LogP contribution in [0.5, 0.6) is 0 Å². The molecule has 1 aromatic rings. The zero-order valence-corrected chi connectivity index (χ0v) is 11.2. The molecule has 1 fully saturated rings. The third-order valence-electron chi connectivity index (χ3n) is 2.80. The molecule has 0 N–H and O–H groups in total. The first-order valence-electron chi connectivity index (χ1n) is 5.28. The number of carbonyl (C=O) groups excluding carboxylic acids is 1. The van der Waals surface area contributed by atoms with Crippen LogP contribution in [0, 0.1) is 13.7 Å². The molecular formula is C11H11IN2O3. The lowest BCUT2D eigenvalue weighted by molar-refractivity contribution is -0.384. The van der Waals surface area contributed by atoms with E-state index in [9.17, 15) is 14.9 Å². The van der Waals surface area contributed by atoms with Crippen molar-refractivity contribution >= 4 is 39.7 Å². The molecule has 0 amide bonds. The van der Waals surface area contributed by atoms with Crippen LogP contribution in [0.3, 0.4) is 0 Å². The molecule has 0 atom stereocenters. The van der Waals surface area contributed by atoms with E-state index in [1.807, 2.05) is 11.0 Å². The first-order chi connectivity index (χ1) is 8.08. The Kier molecular flexibility index (Phi) is 3.60. The number of benzene rings is 1. The van der Waals surface area contributed by atoms with Gasteiger partial charge in [0.05, 0.1) is 4.92 Å². The highest BCUT2D eigenvalue weighted by Crippen LogP contribution is 2.31. The van der Waals surface area contributed by atoms with Crippen LogP contribution < -0.4 is 4.90 Å². The van der Waals surface area contributed by atoms with E-state index in [1.54, 1.807) is 12.1 Å². The normalized spacial score (nSPS) is 16.1. The molecule has 0 aliphatic carbocycles. The van der Waals surface area contributed by atoms with E-state index < -0.39 is 0 Å². The second-order valence-corrected chi connectivity index (χ2v) is 5.16. The number of ketones is 1. The number of rotatable bonds is 2. The van der Waals surface area contributed by atoms with Crippen LogP contribution >= 0.6 is 22.6 Å². The summed E-state index contributed by atoms with van der Waals surface area (Å²) in [5.74, 6) is 0.231. The number of piperidine rings is 1. The molecule has 0 spiro atoms. The van der Waals surface area contributed by atoms with Crippen molar-refractivity contribution in [3.8, 4) is 0 Å². The van der Waals surface area contributed by atoms with Gasteiger partial charge in [0.25, 0.3) is 5.69 Å². The van der Waals surface area contributed by atoms with Crippen LogP contribution in [0.25, 0.3) is 0 Å². The summed E-state index contributed by atoms with van der Waals surface area (Å²) in [7, 11) is 0. The summed E-state index contributed by atoms with van der Waals surface area (Å²) in [6, 6.07) is 5.17. The van der Waals surface area contributed by atoms with Crippen LogP contribution in [-0.2, 0) is 4.79 Å². The van der Waals surface area contributed by atoms with Crippen molar-refractivity contribution in [3.05, 3.63) is 31.9 Å². The van der Waals surface area contributed by atoms with Crippen LogP contribution in [0.1, 0.15) is 12.8 Å². The molecule has 6 heteroatoms. The lowest BCUT2D eigenvalue weighted by Gasteiger charge is -2.27. The molecule has 0 aromatic heterocycles. The molecule has 5 nitrogen and oxygen atoms in total. The number of hydrogen-bond acceptors (Lipinski definition) is 4. The maximum atomic E-state index is 11.2. The maximum absolute atomic E-state index is 11.2. The molecule has 17 heavy (non-hydrogen) atoms. The summed E-state index contributed by atoms with van der Waals surface area (Å²) in [6.07, 6.45) is 0.951. The van der Waals surface area contributed by atoms with Gasteiger partial charge >= 0.3 is 0 Å². The van der Waals surface area contributed by atoms with Gasteiger partial charge in [0.2, 0.25) is 0 Å². The Morgan fingerprint density at radius 3 is 2.53 bits per heavy atom. The fourth-order valence-electron chi connectivity index (χ4n) is 1.91. The third kappa shape index (κ3) is 2.74. The minimum absolute atomic E-state index is 0.117.